The molecule has 1 aliphatic rings. The molecule has 7 aromatic rings. The molecule has 2 N–H and O–H groups in total. The highest BCUT2D eigenvalue weighted by Crippen LogP contribution is 2.42. The minimum absolute atomic E-state index is 0.740. The van der Waals surface area contributed by atoms with Gasteiger partial charge in [-0.25, -0.2) is 0 Å². The number of fused-ring (bicyclic) bond motifs is 8. The average Bonchev–Trinajstić information content (AvgIpc) is 3.74. The van der Waals surface area contributed by atoms with Crippen LogP contribution in [-0.2, 0) is 0 Å². The maximum atomic E-state index is 9.69. The van der Waals surface area contributed by atoms with Crippen LogP contribution in [0.5, 0.6) is 0 Å². The number of hydrogen-bond acceptors (Lipinski definition) is 4. The predicted molar refractivity (Wildman–Crippen MR) is 215 cm³/mol. The first-order valence-electron chi connectivity index (χ1n) is 17.3. The Kier molecular flexibility index (Phi) is 11.9. The molecule has 0 atom stereocenters. The molecule has 5 heteroatoms. The third-order valence-electron chi connectivity index (χ3n) is 8.26. The van der Waals surface area contributed by atoms with Crippen molar-refractivity contribution >= 4 is 60.6 Å². The van der Waals surface area contributed by atoms with E-state index in [0.29, 0.717) is 0 Å². The van der Waals surface area contributed by atoms with Gasteiger partial charge in [0.2, 0.25) is 0 Å². The van der Waals surface area contributed by atoms with Crippen LogP contribution in [0.25, 0.3) is 54.9 Å². The van der Waals surface area contributed by atoms with Gasteiger partial charge in [0.05, 0.1) is 17.6 Å². The Bertz CT molecular complexity index is 2270. The number of nitrogens with zero attached hydrogens (tertiary/aromatic N) is 2. The topological polar surface area (TPSA) is 65.3 Å². The van der Waals surface area contributed by atoms with Crippen molar-refractivity contribution in [2.45, 2.75) is 40.5 Å². The summed E-state index contributed by atoms with van der Waals surface area (Å²) in [6.45, 7) is 16.6. The summed E-state index contributed by atoms with van der Waals surface area (Å²) >= 11 is 0. The summed E-state index contributed by atoms with van der Waals surface area (Å²) in [5.74, 6) is 0. The summed E-state index contributed by atoms with van der Waals surface area (Å²) in [5, 5.41) is 14.4. The van der Waals surface area contributed by atoms with E-state index in [9.17, 15) is 5.11 Å². The highest BCUT2D eigenvalue weighted by Gasteiger charge is 2.22. The van der Waals surface area contributed by atoms with Crippen LogP contribution in [0.4, 0.5) is 5.69 Å². The lowest BCUT2D eigenvalue weighted by molar-refractivity contribution is 0.473. The van der Waals surface area contributed by atoms with Gasteiger partial charge in [-0.3, -0.25) is 4.98 Å². The summed E-state index contributed by atoms with van der Waals surface area (Å²) in [4.78, 5) is 9.81. The number of anilines is 1. The fourth-order valence-electron chi connectivity index (χ4n) is 6.07. The van der Waals surface area contributed by atoms with E-state index in [-0.39, 0.29) is 0 Å². The van der Waals surface area contributed by atoms with E-state index in [2.05, 4.69) is 95.9 Å². The molecule has 8 rings (SSSR count). The number of H-pyrrole nitrogens is 1. The average molecular weight is 660 g/mol. The first-order chi connectivity index (χ1) is 24.6. The lowest BCUT2D eigenvalue weighted by Gasteiger charge is -2.27. The van der Waals surface area contributed by atoms with E-state index in [1.54, 1.807) is 12.3 Å². The molecule has 4 aromatic carbocycles. The Morgan fingerprint density at radius 1 is 0.800 bits per heavy atom. The minimum Gasteiger partial charge on any atom is -0.516 e. The molecule has 3 aromatic heterocycles. The number of hydrogen-bond donors (Lipinski definition) is 2. The van der Waals surface area contributed by atoms with Crippen LogP contribution in [0.1, 0.15) is 51.8 Å². The molecular weight excluding hydrogens is 615 g/mol. The third kappa shape index (κ3) is 7.32. The third-order valence-corrected chi connectivity index (χ3v) is 8.26. The van der Waals surface area contributed by atoms with Gasteiger partial charge in [0, 0.05) is 56.2 Å². The highest BCUT2D eigenvalue weighted by molar-refractivity contribution is 6.10. The molecule has 0 saturated heterocycles. The Hall–Kier alpha value is -6.07. The van der Waals surface area contributed by atoms with Crippen molar-refractivity contribution in [3.05, 3.63) is 170 Å². The van der Waals surface area contributed by atoms with Crippen molar-refractivity contribution in [3.63, 3.8) is 0 Å². The lowest BCUT2D eigenvalue weighted by atomic mass is 9.95. The monoisotopic (exact) mass is 659 g/mol. The van der Waals surface area contributed by atoms with Gasteiger partial charge >= 0.3 is 0 Å². The molecule has 0 aliphatic carbocycles. The largest absolute Gasteiger partial charge is 0.516 e. The zero-order chi connectivity index (χ0) is 35.5. The zero-order valence-corrected chi connectivity index (χ0v) is 29.4. The Morgan fingerprint density at radius 2 is 1.44 bits per heavy atom. The quantitative estimate of drug-likeness (QED) is 0.146. The van der Waals surface area contributed by atoms with Gasteiger partial charge in [0.1, 0.15) is 11.2 Å². The van der Waals surface area contributed by atoms with Gasteiger partial charge in [-0.05, 0) is 78.6 Å². The molecule has 50 heavy (non-hydrogen) atoms. The molecular formula is C45H45N3O2. The molecule has 0 spiro atoms. The van der Waals surface area contributed by atoms with Gasteiger partial charge in [0.25, 0.3) is 0 Å². The molecule has 4 heterocycles. The van der Waals surface area contributed by atoms with E-state index in [4.69, 9.17) is 4.42 Å². The highest BCUT2D eigenvalue weighted by atomic mass is 16.3. The Labute approximate surface area is 294 Å². The van der Waals surface area contributed by atoms with E-state index in [0.717, 1.165) is 74.8 Å². The van der Waals surface area contributed by atoms with Crippen LogP contribution in [0, 0.1) is 0 Å². The molecule has 0 amide bonds. The predicted octanol–water partition coefficient (Wildman–Crippen LogP) is 13.2. The standard InChI is InChI=1S/C29H24N2O2.C12H9N.2C2H6/c1-20-9-6-8-17-31(22(15-18-32)19-21(2)25-11-5-7-16-30-25)26-14-13-24-23-10-3-4-12-27(23)33-29(24)28(20)26;1-3-7-11-9(5-1)10-6-2-4-8-12(10)13-11;2*1-2/h3-5,7-8,10-19,32H,1-2,6,9H2;1-8,13H;2*1-2H3/b17-8-,18-15-,22-19+;;;. The number of para-hydroxylation sites is 3. The van der Waals surface area contributed by atoms with Crippen LogP contribution in [-0.4, -0.2) is 15.1 Å². The molecule has 0 bridgehead atoms. The van der Waals surface area contributed by atoms with Crippen LogP contribution in [0.3, 0.4) is 0 Å². The Balaban J connectivity index is 0.000000236. The maximum absolute atomic E-state index is 9.69. The number of rotatable bonds is 4. The number of benzene rings is 4. The van der Waals surface area contributed by atoms with Gasteiger partial charge in [0.15, 0.2) is 0 Å². The second-order valence-electron chi connectivity index (χ2n) is 11.2. The van der Waals surface area contributed by atoms with E-state index < -0.39 is 0 Å². The smallest absolute Gasteiger partial charge is 0.145 e. The fourth-order valence-corrected chi connectivity index (χ4v) is 6.07. The van der Waals surface area contributed by atoms with E-state index >= 15 is 0 Å². The molecule has 0 unspecified atom stereocenters. The van der Waals surface area contributed by atoms with Crippen LogP contribution in [0.2, 0.25) is 0 Å². The SMILES string of the molecule is C=C(/C=C(\C=C/O)N1/C=C\CCC(=C)c2c1ccc1c2oc2ccccc21)c1ccccn1.CC.CC.c1ccc2c(c1)[nH]c1ccccc12. The number of aliphatic hydroxyl groups excluding tert-OH is 1. The first-order valence-corrected chi connectivity index (χ1v) is 17.3. The number of aromatic nitrogens is 2. The van der Waals surface area contributed by atoms with Crippen LogP contribution < -0.4 is 4.90 Å². The Morgan fingerprint density at radius 3 is 2.10 bits per heavy atom. The molecule has 0 radical (unpaired) electrons. The summed E-state index contributed by atoms with van der Waals surface area (Å²) in [6, 6.07) is 34.7. The molecule has 0 saturated carbocycles. The van der Waals surface area contributed by atoms with Crippen molar-refractivity contribution < 1.29 is 9.52 Å². The summed E-state index contributed by atoms with van der Waals surface area (Å²) in [6.07, 6.45) is 12.2. The van der Waals surface area contributed by atoms with Crippen molar-refractivity contribution in [1.82, 2.24) is 9.97 Å². The minimum atomic E-state index is 0.740. The molecule has 5 nitrogen and oxygen atoms in total. The number of allylic oxidation sites excluding steroid dienone is 5. The van der Waals surface area contributed by atoms with Crippen molar-refractivity contribution in [1.29, 1.82) is 0 Å². The summed E-state index contributed by atoms with van der Waals surface area (Å²) < 4.78 is 6.33. The number of aliphatic hydroxyl groups is 1. The zero-order valence-electron chi connectivity index (χ0n) is 29.4. The van der Waals surface area contributed by atoms with Crippen molar-refractivity contribution in [3.8, 4) is 0 Å². The van der Waals surface area contributed by atoms with Crippen LogP contribution >= 0.6 is 0 Å². The molecule has 1 aliphatic heterocycles. The first kappa shape index (κ1) is 35.2. The second-order valence-corrected chi connectivity index (χ2v) is 11.2. The summed E-state index contributed by atoms with van der Waals surface area (Å²) in [5.41, 5.74) is 9.29. The van der Waals surface area contributed by atoms with Gasteiger partial charge < -0.3 is 19.4 Å². The van der Waals surface area contributed by atoms with E-state index in [1.807, 2.05) is 81.3 Å². The second kappa shape index (κ2) is 16.8. The normalized spacial score (nSPS) is 13.4. The number of furan rings is 1. The number of nitrogens with one attached hydrogen (secondary N) is 1. The fraction of sp³-hybridized carbons (Fsp3) is 0.133. The molecule has 0 fully saturated rings. The van der Waals surface area contributed by atoms with E-state index in [1.165, 1.54) is 21.8 Å². The number of pyridine rings is 1. The lowest BCUT2D eigenvalue weighted by Crippen LogP contribution is -2.17. The van der Waals surface area contributed by atoms with Gasteiger partial charge in [-0.1, -0.05) is 108 Å². The van der Waals surface area contributed by atoms with Gasteiger partial charge in [-0.15, -0.1) is 0 Å². The molecule has 252 valence electrons. The van der Waals surface area contributed by atoms with Crippen molar-refractivity contribution in [2.75, 3.05) is 4.90 Å². The van der Waals surface area contributed by atoms with Crippen LogP contribution in [0.15, 0.2) is 163 Å². The summed E-state index contributed by atoms with van der Waals surface area (Å²) in [7, 11) is 0. The number of aromatic amines is 1. The maximum Gasteiger partial charge on any atom is 0.145 e. The van der Waals surface area contributed by atoms with Crippen molar-refractivity contribution in [2.24, 2.45) is 0 Å². The van der Waals surface area contributed by atoms with Gasteiger partial charge in [-0.2, -0.15) is 0 Å².